The third kappa shape index (κ3) is 5.58. The van der Waals surface area contributed by atoms with Crippen LogP contribution in [0.2, 0.25) is 0 Å². The molecule has 6 heteroatoms. The van der Waals surface area contributed by atoms with Crippen molar-refractivity contribution < 1.29 is 17.9 Å². The standard InChI is InChI=1S/C14H27F3N2O/c1-2-8-19(9-10-20-12-14(15,16)17)13(11-18)6-4-3-5-7-13/h2-12,18H2,1H3. The number of rotatable bonds is 8. The topological polar surface area (TPSA) is 38.5 Å². The molecule has 0 aromatic rings. The predicted octanol–water partition coefficient (Wildman–Crippen LogP) is 2.94. The zero-order valence-corrected chi connectivity index (χ0v) is 12.3. The Morgan fingerprint density at radius 2 is 1.80 bits per heavy atom. The van der Waals surface area contributed by atoms with E-state index in [0.717, 1.165) is 38.6 Å². The van der Waals surface area contributed by atoms with Gasteiger partial charge in [-0.2, -0.15) is 13.2 Å². The number of hydrogen-bond acceptors (Lipinski definition) is 3. The first-order chi connectivity index (χ1) is 9.43. The van der Waals surface area contributed by atoms with E-state index in [9.17, 15) is 13.2 Å². The molecule has 0 amide bonds. The number of ether oxygens (including phenoxy) is 1. The Labute approximate surface area is 119 Å². The van der Waals surface area contributed by atoms with E-state index < -0.39 is 12.8 Å². The van der Waals surface area contributed by atoms with Crippen LogP contribution in [0.1, 0.15) is 45.4 Å². The van der Waals surface area contributed by atoms with Gasteiger partial charge in [-0.1, -0.05) is 26.2 Å². The molecule has 0 aromatic heterocycles. The third-order valence-electron chi connectivity index (χ3n) is 4.10. The van der Waals surface area contributed by atoms with Gasteiger partial charge in [0, 0.05) is 18.6 Å². The van der Waals surface area contributed by atoms with Crippen molar-refractivity contribution in [3.05, 3.63) is 0 Å². The molecular formula is C14H27F3N2O. The van der Waals surface area contributed by atoms with Crippen molar-refractivity contribution in [1.82, 2.24) is 4.90 Å². The first-order valence-electron chi connectivity index (χ1n) is 7.53. The molecule has 1 saturated carbocycles. The molecule has 0 bridgehead atoms. The van der Waals surface area contributed by atoms with Gasteiger partial charge in [0.2, 0.25) is 0 Å². The second-order valence-electron chi connectivity index (χ2n) is 5.64. The smallest absolute Gasteiger partial charge is 0.371 e. The third-order valence-corrected chi connectivity index (χ3v) is 4.10. The summed E-state index contributed by atoms with van der Waals surface area (Å²) in [6.07, 6.45) is 2.35. The predicted molar refractivity (Wildman–Crippen MR) is 73.6 cm³/mol. The summed E-state index contributed by atoms with van der Waals surface area (Å²) in [5.41, 5.74) is 5.95. The molecule has 0 radical (unpaired) electrons. The summed E-state index contributed by atoms with van der Waals surface area (Å²) in [5, 5.41) is 0. The highest BCUT2D eigenvalue weighted by Gasteiger charge is 2.36. The van der Waals surface area contributed by atoms with Crippen LogP contribution >= 0.6 is 0 Å². The molecule has 1 aliphatic carbocycles. The number of nitrogens with zero attached hydrogens (tertiary/aromatic N) is 1. The molecule has 120 valence electrons. The van der Waals surface area contributed by atoms with E-state index in [-0.39, 0.29) is 12.1 Å². The molecule has 20 heavy (non-hydrogen) atoms. The fourth-order valence-corrected chi connectivity index (χ4v) is 3.08. The molecule has 1 rings (SSSR count). The van der Waals surface area contributed by atoms with Crippen LogP contribution in [0.3, 0.4) is 0 Å². The van der Waals surface area contributed by atoms with E-state index in [1.165, 1.54) is 6.42 Å². The van der Waals surface area contributed by atoms with Gasteiger partial charge in [0.25, 0.3) is 0 Å². The van der Waals surface area contributed by atoms with E-state index in [1.807, 2.05) is 0 Å². The maximum absolute atomic E-state index is 12.1. The normalized spacial score (nSPS) is 19.5. The Morgan fingerprint density at radius 1 is 1.15 bits per heavy atom. The number of nitrogens with two attached hydrogens (primary N) is 1. The second kappa shape index (κ2) is 8.20. The van der Waals surface area contributed by atoms with Gasteiger partial charge in [-0.15, -0.1) is 0 Å². The molecule has 0 heterocycles. The zero-order chi connectivity index (χ0) is 15.1. The Balaban J connectivity index is 2.49. The van der Waals surface area contributed by atoms with E-state index in [4.69, 9.17) is 10.5 Å². The van der Waals surface area contributed by atoms with Crippen LogP contribution in [0.25, 0.3) is 0 Å². The van der Waals surface area contributed by atoms with Crippen molar-refractivity contribution in [2.24, 2.45) is 5.73 Å². The second-order valence-corrected chi connectivity index (χ2v) is 5.64. The quantitative estimate of drug-likeness (QED) is 0.700. The summed E-state index contributed by atoms with van der Waals surface area (Å²) in [6, 6.07) is 0. The van der Waals surface area contributed by atoms with Gasteiger partial charge in [0.15, 0.2) is 0 Å². The molecular weight excluding hydrogens is 269 g/mol. The van der Waals surface area contributed by atoms with Crippen LogP contribution in [0.15, 0.2) is 0 Å². The lowest BCUT2D eigenvalue weighted by Crippen LogP contribution is -2.56. The average molecular weight is 296 g/mol. The van der Waals surface area contributed by atoms with Crippen molar-refractivity contribution in [1.29, 1.82) is 0 Å². The molecule has 0 spiro atoms. The van der Waals surface area contributed by atoms with Gasteiger partial charge in [-0.25, -0.2) is 0 Å². The number of alkyl halides is 3. The Bertz CT molecular complexity index is 266. The Morgan fingerprint density at radius 3 is 2.30 bits per heavy atom. The molecule has 0 atom stereocenters. The minimum absolute atomic E-state index is 0.0319. The van der Waals surface area contributed by atoms with E-state index in [2.05, 4.69) is 11.8 Å². The largest absolute Gasteiger partial charge is 0.411 e. The summed E-state index contributed by atoms with van der Waals surface area (Å²) >= 11 is 0. The molecule has 0 aromatic carbocycles. The lowest BCUT2D eigenvalue weighted by atomic mass is 9.80. The average Bonchev–Trinajstić information content (AvgIpc) is 2.42. The Kier molecular flexibility index (Phi) is 7.26. The van der Waals surface area contributed by atoms with Crippen LogP contribution in [0.4, 0.5) is 13.2 Å². The molecule has 1 aliphatic rings. The highest BCUT2D eigenvalue weighted by Crippen LogP contribution is 2.33. The van der Waals surface area contributed by atoms with Crippen LogP contribution < -0.4 is 5.73 Å². The molecule has 0 aliphatic heterocycles. The first-order valence-corrected chi connectivity index (χ1v) is 7.53. The SMILES string of the molecule is CCCN(CCOCC(F)(F)F)C1(CN)CCCCC1. The first kappa shape index (κ1) is 17.7. The number of halogens is 3. The molecule has 1 fully saturated rings. The van der Waals surface area contributed by atoms with Crippen molar-refractivity contribution in [2.45, 2.75) is 57.2 Å². The van der Waals surface area contributed by atoms with Crippen LogP contribution in [-0.2, 0) is 4.74 Å². The van der Waals surface area contributed by atoms with Gasteiger partial charge in [0.05, 0.1) is 6.61 Å². The Hall–Kier alpha value is -0.330. The fraction of sp³-hybridized carbons (Fsp3) is 1.00. The minimum atomic E-state index is -4.24. The lowest BCUT2D eigenvalue weighted by Gasteiger charge is -2.46. The van der Waals surface area contributed by atoms with E-state index >= 15 is 0 Å². The molecule has 0 unspecified atom stereocenters. The summed E-state index contributed by atoms with van der Waals surface area (Å²) < 4.78 is 40.9. The minimum Gasteiger partial charge on any atom is -0.371 e. The highest BCUT2D eigenvalue weighted by molar-refractivity contribution is 4.94. The van der Waals surface area contributed by atoms with Crippen LogP contribution in [-0.4, -0.2) is 49.5 Å². The monoisotopic (exact) mass is 296 g/mol. The van der Waals surface area contributed by atoms with Gasteiger partial charge < -0.3 is 10.5 Å². The van der Waals surface area contributed by atoms with Crippen molar-refractivity contribution in [2.75, 3.05) is 32.8 Å². The summed E-state index contributed by atoms with van der Waals surface area (Å²) in [6.45, 7) is 3.00. The lowest BCUT2D eigenvalue weighted by molar-refractivity contribution is -0.175. The summed E-state index contributed by atoms with van der Waals surface area (Å²) in [4.78, 5) is 2.25. The maximum atomic E-state index is 12.1. The summed E-state index contributed by atoms with van der Waals surface area (Å²) in [7, 11) is 0. The van der Waals surface area contributed by atoms with Crippen LogP contribution in [0, 0.1) is 0 Å². The maximum Gasteiger partial charge on any atom is 0.411 e. The van der Waals surface area contributed by atoms with Crippen molar-refractivity contribution in [3.8, 4) is 0 Å². The van der Waals surface area contributed by atoms with Crippen LogP contribution in [0.5, 0.6) is 0 Å². The molecule has 3 nitrogen and oxygen atoms in total. The van der Waals surface area contributed by atoms with E-state index in [1.54, 1.807) is 0 Å². The molecule has 2 N–H and O–H groups in total. The zero-order valence-electron chi connectivity index (χ0n) is 12.3. The number of hydrogen-bond donors (Lipinski definition) is 1. The van der Waals surface area contributed by atoms with Gasteiger partial charge in [-0.3, -0.25) is 4.90 Å². The summed E-state index contributed by atoms with van der Waals surface area (Å²) in [5.74, 6) is 0. The highest BCUT2D eigenvalue weighted by atomic mass is 19.4. The molecule has 0 saturated heterocycles. The van der Waals surface area contributed by atoms with Crippen molar-refractivity contribution >= 4 is 0 Å². The van der Waals surface area contributed by atoms with E-state index in [0.29, 0.717) is 13.1 Å². The fourth-order valence-electron chi connectivity index (χ4n) is 3.08. The van der Waals surface area contributed by atoms with Gasteiger partial charge in [-0.05, 0) is 25.8 Å². The van der Waals surface area contributed by atoms with Gasteiger partial charge >= 0.3 is 6.18 Å². The van der Waals surface area contributed by atoms with Gasteiger partial charge in [0.1, 0.15) is 6.61 Å². The van der Waals surface area contributed by atoms with Crippen molar-refractivity contribution in [3.63, 3.8) is 0 Å².